The molecule has 4 aliphatic rings. The van der Waals surface area contributed by atoms with Gasteiger partial charge in [0.2, 0.25) is 0 Å². The van der Waals surface area contributed by atoms with E-state index in [0.29, 0.717) is 0 Å². The average molecular weight is 533 g/mol. The second-order valence-corrected chi connectivity index (χ2v) is 11.7. The van der Waals surface area contributed by atoms with E-state index in [1.54, 1.807) is 14.2 Å². The van der Waals surface area contributed by atoms with Crippen LogP contribution in [0.2, 0.25) is 0 Å². The molecule has 31 heavy (non-hydrogen) atoms. The molecule has 1 atom stereocenters. The molecule has 2 saturated carbocycles. The van der Waals surface area contributed by atoms with Crippen LogP contribution in [-0.4, -0.2) is 31.3 Å². The first-order valence-electron chi connectivity index (χ1n) is 11.7. The molecule has 5 heteroatoms. The van der Waals surface area contributed by atoms with Gasteiger partial charge in [0.25, 0.3) is 0 Å². The van der Waals surface area contributed by atoms with Crippen LogP contribution in [0.1, 0.15) is 64.2 Å². The molecular weight excluding hydrogens is 496 g/mol. The number of rotatable bonds is 5. The van der Waals surface area contributed by atoms with E-state index >= 15 is 0 Å². The topological polar surface area (TPSA) is 44.5 Å². The summed E-state index contributed by atoms with van der Waals surface area (Å²) in [5, 5.41) is 0. The van der Waals surface area contributed by atoms with Crippen molar-refractivity contribution >= 4 is 7.92 Å². The molecule has 0 amide bonds. The summed E-state index contributed by atoms with van der Waals surface area (Å²) in [6.45, 7) is 0. The number of nitrogens with two attached hydrogens (primary N) is 1. The summed E-state index contributed by atoms with van der Waals surface area (Å²) in [5.41, 5.74) is 11.2. The van der Waals surface area contributed by atoms with Gasteiger partial charge in [-0.25, -0.2) is 0 Å². The predicted octanol–water partition coefficient (Wildman–Crippen LogP) is 6.49. The first-order chi connectivity index (χ1) is 14.7. The maximum Gasteiger partial charge on any atom is 2.00 e. The van der Waals surface area contributed by atoms with E-state index in [0.717, 1.165) is 22.7 Å². The standard InChI is InChI=1S/C26H37NO2P.Pd/c1-28-23-17-11-19-26(27,29-2)25(23)22-16-9-10-18-24(22)30(20-12-5-3-6-13-20)21-14-7-4-8-15-21;/h9-11,16-21H,3-8,12-15,27H2,1-2H3;/q-1;+2. The van der Waals surface area contributed by atoms with Gasteiger partial charge in [0.05, 0.1) is 12.9 Å². The van der Waals surface area contributed by atoms with Crippen molar-refractivity contribution in [1.29, 1.82) is 0 Å². The van der Waals surface area contributed by atoms with E-state index in [2.05, 4.69) is 24.3 Å². The van der Waals surface area contributed by atoms with E-state index in [-0.39, 0.29) is 28.3 Å². The smallest absolute Gasteiger partial charge is 0.506 e. The Hall–Kier alpha value is -0.618. The van der Waals surface area contributed by atoms with Gasteiger partial charge in [-0.3, -0.25) is 0 Å². The predicted molar refractivity (Wildman–Crippen MR) is 127 cm³/mol. The molecule has 2 N–H and O–H groups in total. The molecule has 0 spiro atoms. The quantitative estimate of drug-likeness (QED) is 0.191. The summed E-state index contributed by atoms with van der Waals surface area (Å²) >= 11 is 0. The Kier molecular flexibility index (Phi) is 9.27. The minimum absolute atomic E-state index is 0. The van der Waals surface area contributed by atoms with Gasteiger partial charge >= 0.3 is 20.4 Å². The van der Waals surface area contributed by atoms with Gasteiger partial charge in [-0.2, -0.15) is 0 Å². The Morgan fingerprint density at radius 3 is 2.10 bits per heavy atom. The van der Waals surface area contributed by atoms with E-state index in [4.69, 9.17) is 15.2 Å². The largest absolute Gasteiger partial charge is 2.00 e. The van der Waals surface area contributed by atoms with Gasteiger partial charge in [0, 0.05) is 7.11 Å². The van der Waals surface area contributed by atoms with Crippen molar-refractivity contribution in [2.75, 3.05) is 14.2 Å². The Labute approximate surface area is 203 Å². The van der Waals surface area contributed by atoms with Gasteiger partial charge in [-0.05, 0) is 54.7 Å². The molecule has 0 saturated heterocycles. The summed E-state index contributed by atoms with van der Waals surface area (Å²) in [7, 11) is 3.18. The molecule has 4 rings (SSSR count). The fourth-order valence-corrected chi connectivity index (χ4v) is 9.59. The van der Waals surface area contributed by atoms with Crippen molar-refractivity contribution in [2.24, 2.45) is 5.73 Å². The zero-order chi connectivity index (χ0) is 21.0. The molecule has 0 bridgehead atoms. The van der Waals surface area contributed by atoms with Crippen LogP contribution >= 0.6 is 7.92 Å². The van der Waals surface area contributed by atoms with Crippen LogP contribution < -0.4 is 5.73 Å². The maximum atomic E-state index is 6.77. The number of methoxy groups -OCH3 is 2. The molecule has 4 aliphatic carbocycles. The zero-order valence-corrected chi connectivity index (χ0v) is 21.4. The van der Waals surface area contributed by atoms with Crippen molar-refractivity contribution in [2.45, 2.75) is 81.3 Å². The first kappa shape index (κ1) is 25.0. The first-order valence-corrected chi connectivity index (χ1v) is 13.2. The molecule has 0 aliphatic heterocycles. The van der Waals surface area contributed by atoms with Gasteiger partial charge < -0.3 is 15.2 Å². The molecule has 1 unspecified atom stereocenters. The third kappa shape index (κ3) is 5.31. The molecule has 0 aromatic rings. The fraction of sp³-hybridized carbons (Fsp3) is 0.577. The summed E-state index contributed by atoms with van der Waals surface area (Å²) < 4.78 is 11.6. The number of ether oxygens (including phenoxy) is 2. The third-order valence-corrected chi connectivity index (χ3v) is 10.7. The average Bonchev–Trinajstić information content (AvgIpc) is 2.81. The zero-order valence-electron chi connectivity index (χ0n) is 18.9. The molecule has 2 fully saturated rings. The van der Waals surface area contributed by atoms with Crippen molar-refractivity contribution in [1.82, 2.24) is 0 Å². The van der Waals surface area contributed by atoms with Crippen LogP contribution in [0.5, 0.6) is 0 Å². The molecule has 172 valence electrons. The number of hydrogen-bond donors (Lipinski definition) is 1. The van der Waals surface area contributed by atoms with E-state index in [1.807, 2.05) is 18.2 Å². The number of allylic oxidation sites excluding steroid dienone is 7. The van der Waals surface area contributed by atoms with Crippen LogP contribution in [-0.2, 0) is 29.9 Å². The van der Waals surface area contributed by atoms with Crippen LogP contribution in [0.3, 0.4) is 0 Å². The van der Waals surface area contributed by atoms with Crippen molar-refractivity contribution < 1.29 is 29.9 Å². The molecule has 0 aromatic heterocycles. The van der Waals surface area contributed by atoms with E-state index in [9.17, 15) is 0 Å². The molecule has 3 nitrogen and oxygen atoms in total. The minimum Gasteiger partial charge on any atom is -0.506 e. The summed E-state index contributed by atoms with van der Waals surface area (Å²) in [6, 6.07) is 0. The van der Waals surface area contributed by atoms with Crippen LogP contribution in [0.25, 0.3) is 0 Å². The second kappa shape index (κ2) is 11.5. The minimum atomic E-state index is -0.962. The van der Waals surface area contributed by atoms with E-state index < -0.39 is 5.72 Å². The summed E-state index contributed by atoms with van der Waals surface area (Å²) in [4.78, 5) is 0. The molecular formula is C26H37NO2PPd+. The number of hydrogen-bond acceptors (Lipinski definition) is 3. The van der Waals surface area contributed by atoms with E-state index in [1.165, 1.54) is 75.4 Å². The Bertz CT molecular complexity index is 741. The van der Waals surface area contributed by atoms with Crippen LogP contribution in [0.15, 0.2) is 59.4 Å². The van der Waals surface area contributed by atoms with Crippen molar-refractivity contribution in [3.05, 3.63) is 65.1 Å². The van der Waals surface area contributed by atoms with Gasteiger partial charge in [-0.15, -0.1) is 43.5 Å². The second-order valence-electron chi connectivity index (χ2n) is 8.97. The van der Waals surface area contributed by atoms with Crippen LogP contribution in [0, 0.1) is 5.66 Å². The van der Waals surface area contributed by atoms with Crippen molar-refractivity contribution in [3.63, 3.8) is 0 Å². The van der Waals surface area contributed by atoms with Crippen LogP contribution in [0.4, 0.5) is 0 Å². The summed E-state index contributed by atoms with van der Waals surface area (Å²) in [5.74, 6) is 0.816. The maximum absolute atomic E-state index is 6.77. The third-order valence-electron chi connectivity index (χ3n) is 7.17. The molecule has 0 aromatic carbocycles. The van der Waals surface area contributed by atoms with Crippen molar-refractivity contribution in [3.8, 4) is 0 Å². The fourth-order valence-electron chi connectivity index (χ4n) is 5.64. The van der Waals surface area contributed by atoms with Gasteiger partial charge in [-0.1, -0.05) is 44.6 Å². The van der Waals surface area contributed by atoms with Gasteiger partial charge in [0.15, 0.2) is 0 Å². The normalized spacial score (nSPS) is 29.8. The Morgan fingerprint density at radius 1 is 0.935 bits per heavy atom. The monoisotopic (exact) mass is 532 g/mol. The summed E-state index contributed by atoms with van der Waals surface area (Å²) in [6.07, 6.45) is 28.8. The Morgan fingerprint density at radius 2 is 1.55 bits per heavy atom. The molecule has 0 radical (unpaired) electrons. The van der Waals surface area contributed by atoms with Gasteiger partial charge in [0.1, 0.15) is 5.72 Å². The Balaban J connectivity index is 0.00000272. The molecule has 0 heterocycles. The SMILES string of the molecule is COC1=CC=CC(N)(OC)C1=C1C=CC=C[C-]1P(C1CCCCC1)C1CCCCC1.[Pd+2].